The Hall–Kier alpha value is -2.93. The first kappa shape index (κ1) is 36.1. The van der Waals surface area contributed by atoms with Gasteiger partial charge in [-0.1, -0.05) is 94.2 Å². The molecule has 1 heterocycles. The molecule has 1 aromatic heterocycles. The Morgan fingerprint density at radius 1 is 1.17 bits per heavy atom. The van der Waals surface area contributed by atoms with Crippen molar-refractivity contribution in [3.63, 3.8) is 0 Å². The maximum Gasteiger partial charge on any atom is 0.273 e. The number of aliphatic hydroxyl groups is 1. The number of aromatic nitrogens is 2. The van der Waals surface area contributed by atoms with Gasteiger partial charge in [0.05, 0.1) is 16.7 Å². The minimum Gasteiger partial charge on any atom is -0.385 e. The second kappa shape index (κ2) is 18.5. The van der Waals surface area contributed by atoms with Gasteiger partial charge in [-0.2, -0.15) is 0 Å². The smallest absolute Gasteiger partial charge is 0.273 e. The van der Waals surface area contributed by atoms with Gasteiger partial charge in [-0.05, 0) is 55.5 Å². The minimum atomic E-state index is -1.19. The maximum atomic E-state index is 13.4. The van der Waals surface area contributed by atoms with E-state index in [-0.39, 0.29) is 36.4 Å². The average Bonchev–Trinajstić information content (AvgIpc) is 3.45. The molecule has 224 valence electrons. The summed E-state index contributed by atoms with van der Waals surface area (Å²) in [7, 11) is 1.67. The molecular weight excluding hydrogens is 560 g/mol. The summed E-state index contributed by atoms with van der Waals surface area (Å²) < 4.78 is 15.3. The molecule has 0 bridgehead atoms. The Balaban J connectivity index is 0.00000201. The fourth-order valence-corrected chi connectivity index (χ4v) is 4.57. The number of amides is 1. The molecule has 0 saturated carbocycles. The van der Waals surface area contributed by atoms with Gasteiger partial charge >= 0.3 is 0 Å². The number of hydrogen-bond acceptors (Lipinski definition) is 3. The summed E-state index contributed by atoms with van der Waals surface area (Å²) in [6.07, 6.45) is 7.54. The molecule has 0 aliphatic carbocycles. The highest BCUT2D eigenvalue weighted by Gasteiger charge is 2.29. The molecule has 2 atom stereocenters. The lowest BCUT2D eigenvalue weighted by Crippen LogP contribution is -2.34. The number of carbonyl (C=O) groups excluding carboxylic acids is 1. The molecule has 0 spiro atoms. The van der Waals surface area contributed by atoms with Gasteiger partial charge in [0.1, 0.15) is 17.3 Å². The van der Waals surface area contributed by atoms with Crippen molar-refractivity contribution in [3.8, 4) is 11.4 Å². The van der Waals surface area contributed by atoms with Crippen molar-refractivity contribution in [2.45, 2.75) is 71.9 Å². The molecule has 1 amide bonds. The topological polar surface area (TPSA) is 58.4 Å². The Bertz CT molecular complexity index is 1240. The fraction of sp³-hybridized carbons (Fsp3) is 0.394. The first-order valence-corrected chi connectivity index (χ1v) is 15.0. The predicted octanol–water partition coefficient (Wildman–Crippen LogP) is 9.41. The standard InChI is InChI=1S/C29H32Cl2FN3O2.2C2H6/c1-4-23(10-8-9-18-30)35-20-26(33-27(35)24-11-6-7-12-25(24)31)28(36)34(3)19-17-29(37,5-2)21-13-15-22(32)16-14-21;2*1-2/h4,6-7,9,11-16,18,20,23,37H,1,5,8,10,17,19H2,2-3H3;2*1-2H3/b18-9+;;. The van der Waals surface area contributed by atoms with Crippen LogP contribution in [-0.4, -0.2) is 39.1 Å². The Morgan fingerprint density at radius 2 is 1.80 bits per heavy atom. The van der Waals surface area contributed by atoms with E-state index < -0.39 is 5.60 Å². The molecule has 0 aliphatic heterocycles. The summed E-state index contributed by atoms with van der Waals surface area (Å²) in [4.78, 5) is 19.6. The lowest BCUT2D eigenvalue weighted by atomic mass is 9.88. The second-order valence-electron chi connectivity index (χ2n) is 8.95. The molecule has 41 heavy (non-hydrogen) atoms. The van der Waals surface area contributed by atoms with Crippen LogP contribution in [0, 0.1) is 5.82 Å². The van der Waals surface area contributed by atoms with E-state index in [1.54, 1.807) is 31.4 Å². The fourth-order valence-electron chi connectivity index (χ4n) is 4.23. The van der Waals surface area contributed by atoms with Crippen LogP contribution in [0.1, 0.15) is 82.4 Å². The van der Waals surface area contributed by atoms with Crippen LogP contribution < -0.4 is 0 Å². The Morgan fingerprint density at radius 3 is 2.37 bits per heavy atom. The summed E-state index contributed by atoms with van der Waals surface area (Å²) in [5, 5.41) is 11.7. The summed E-state index contributed by atoms with van der Waals surface area (Å²) in [5.41, 5.74) is 1.88. The molecular formula is C33H44Cl2FN3O2. The molecule has 8 heteroatoms. The van der Waals surface area contributed by atoms with Crippen molar-refractivity contribution in [1.29, 1.82) is 0 Å². The van der Waals surface area contributed by atoms with Crippen molar-refractivity contribution < 1.29 is 14.3 Å². The van der Waals surface area contributed by atoms with E-state index in [9.17, 15) is 14.3 Å². The molecule has 5 nitrogen and oxygen atoms in total. The number of halogens is 3. The van der Waals surface area contributed by atoms with Gasteiger partial charge in [0.2, 0.25) is 0 Å². The van der Waals surface area contributed by atoms with Crippen LogP contribution in [0.15, 0.2) is 79.0 Å². The SMILES string of the molecule is C=CC(CC/C=C/Cl)n1cc(C(=O)N(C)CCC(O)(CC)c2ccc(F)cc2)nc1-c1ccccc1Cl.CC.CC. The number of rotatable bonds is 12. The summed E-state index contributed by atoms with van der Waals surface area (Å²) >= 11 is 12.2. The van der Waals surface area contributed by atoms with Crippen molar-refractivity contribution in [1.82, 2.24) is 14.5 Å². The number of hydrogen-bond donors (Lipinski definition) is 1. The first-order chi connectivity index (χ1) is 19.7. The number of imidazole rings is 1. The van der Waals surface area contributed by atoms with E-state index in [0.717, 1.165) is 6.42 Å². The van der Waals surface area contributed by atoms with Gasteiger partial charge < -0.3 is 14.6 Å². The van der Waals surface area contributed by atoms with E-state index in [1.807, 2.05) is 69.5 Å². The highest BCUT2D eigenvalue weighted by molar-refractivity contribution is 6.33. The van der Waals surface area contributed by atoms with E-state index in [1.165, 1.54) is 22.6 Å². The summed E-state index contributed by atoms with van der Waals surface area (Å²) in [6, 6.07) is 13.0. The van der Waals surface area contributed by atoms with E-state index in [2.05, 4.69) is 11.6 Å². The van der Waals surface area contributed by atoms with Crippen LogP contribution in [0.2, 0.25) is 5.02 Å². The van der Waals surface area contributed by atoms with Crippen LogP contribution in [0.5, 0.6) is 0 Å². The molecule has 3 rings (SSSR count). The van der Waals surface area contributed by atoms with Crippen LogP contribution in [0.4, 0.5) is 4.39 Å². The lowest BCUT2D eigenvalue weighted by Gasteiger charge is -2.29. The maximum absolute atomic E-state index is 13.4. The van der Waals surface area contributed by atoms with Crippen LogP contribution in [-0.2, 0) is 5.60 Å². The molecule has 2 unspecified atom stereocenters. The molecule has 1 N–H and O–H groups in total. The second-order valence-corrected chi connectivity index (χ2v) is 9.61. The molecule has 0 aliphatic rings. The number of benzene rings is 2. The third kappa shape index (κ3) is 9.84. The average molecular weight is 605 g/mol. The van der Waals surface area contributed by atoms with E-state index in [0.29, 0.717) is 34.8 Å². The Labute approximate surface area is 255 Å². The van der Waals surface area contributed by atoms with Gasteiger partial charge in [-0.15, -0.1) is 6.58 Å². The molecule has 0 fully saturated rings. The molecule has 3 aromatic rings. The first-order valence-electron chi connectivity index (χ1n) is 14.2. The molecule has 0 saturated heterocycles. The highest BCUT2D eigenvalue weighted by atomic mass is 35.5. The van der Waals surface area contributed by atoms with Gasteiger partial charge in [-0.25, -0.2) is 9.37 Å². The largest absolute Gasteiger partial charge is 0.385 e. The molecule has 0 radical (unpaired) electrons. The monoisotopic (exact) mass is 603 g/mol. The number of nitrogens with zero attached hydrogens (tertiary/aromatic N) is 3. The van der Waals surface area contributed by atoms with Gasteiger partial charge in [0, 0.05) is 30.9 Å². The van der Waals surface area contributed by atoms with Crippen LogP contribution in [0.3, 0.4) is 0 Å². The van der Waals surface area contributed by atoms with E-state index in [4.69, 9.17) is 23.2 Å². The Kier molecular flexibility index (Phi) is 16.3. The molecule has 2 aromatic carbocycles. The zero-order valence-electron chi connectivity index (χ0n) is 25.1. The number of carbonyl (C=O) groups is 1. The quantitative estimate of drug-likeness (QED) is 0.210. The van der Waals surface area contributed by atoms with Crippen LogP contribution >= 0.6 is 23.2 Å². The third-order valence-corrected chi connectivity index (χ3v) is 7.10. The third-order valence-electron chi connectivity index (χ3n) is 6.59. The number of allylic oxidation sites excluding steroid dienone is 2. The van der Waals surface area contributed by atoms with Gasteiger partial charge in [-0.3, -0.25) is 4.79 Å². The minimum absolute atomic E-state index is 0.137. The van der Waals surface area contributed by atoms with Crippen molar-refractivity contribution >= 4 is 29.1 Å². The van der Waals surface area contributed by atoms with Gasteiger partial charge in [0.15, 0.2) is 0 Å². The van der Waals surface area contributed by atoms with Crippen molar-refractivity contribution in [3.05, 3.63) is 101 Å². The summed E-state index contributed by atoms with van der Waals surface area (Å²) in [5.74, 6) is -0.0810. The van der Waals surface area contributed by atoms with Crippen molar-refractivity contribution in [2.75, 3.05) is 13.6 Å². The zero-order chi connectivity index (χ0) is 31.0. The van der Waals surface area contributed by atoms with E-state index >= 15 is 0 Å². The zero-order valence-corrected chi connectivity index (χ0v) is 26.6. The lowest BCUT2D eigenvalue weighted by molar-refractivity contribution is 0.0154. The van der Waals surface area contributed by atoms with Crippen molar-refractivity contribution in [2.24, 2.45) is 0 Å². The normalized spacial score (nSPS) is 12.8. The highest BCUT2D eigenvalue weighted by Crippen LogP contribution is 2.32. The predicted molar refractivity (Wildman–Crippen MR) is 171 cm³/mol. The van der Waals surface area contributed by atoms with Gasteiger partial charge in [0.25, 0.3) is 5.91 Å². The summed E-state index contributed by atoms with van der Waals surface area (Å²) in [6.45, 7) is 14.1. The van der Waals surface area contributed by atoms with Crippen LogP contribution in [0.25, 0.3) is 11.4 Å².